The lowest BCUT2D eigenvalue weighted by Gasteiger charge is -2.07. The van der Waals surface area contributed by atoms with Crippen LogP contribution in [0.1, 0.15) is 11.1 Å². The van der Waals surface area contributed by atoms with Crippen LogP contribution in [0.25, 0.3) is 21.8 Å². The second kappa shape index (κ2) is 4.72. The molecule has 0 spiro atoms. The fourth-order valence-electron chi connectivity index (χ4n) is 2.71. The first kappa shape index (κ1) is 12.8. The SMILES string of the molecule is COc1cc2[nH]c3c(CO)c(OC)ccc3c2cc1C. The number of hydrogen-bond donors (Lipinski definition) is 2. The van der Waals surface area contributed by atoms with Gasteiger partial charge in [-0.25, -0.2) is 0 Å². The van der Waals surface area contributed by atoms with Gasteiger partial charge < -0.3 is 19.6 Å². The van der Waals surface area contributed by atoms with E-state index in [1.54, 1.807) is 14.2 Å². The Balaban J connectivity index is 2.41. The standard InChI is InChI=1S/C16H17NO3/c1-9-6-11-10-4-5-14(19-2)12(8-18)16(10)17-13(11)7-15(9)20-3/h4-7,17-18H,8H2,1-3H3. The summed E-state index contributed by atoms with van der Waals surface area (Å²) in [5.41, 5.74) is 3.76. The van der Waals surface area contributed by atoms with Gasteiger partial charge in [0.15, 0.2) is 0 Å². The van der Waals surface area contributed by atoms with E-state index < -0.39 is 0 Å². The van der Waals surface area contributed by atoms with Crippen LogP contribution >= 0.6 is 0 Å². The molecule has 0 fully saturated rings. The van der Waals surface area contributed by atoms with E-state index in [1.807, 2.05) is 25.1 Å². The highest BCUT2D eigenvalue weighted by Gasteiger charge is 2.13. The maximum Gasteiger partial charge on any atom is 0.126 e. The van der Waals surface area contributed by atoms with E-state index in [-0.39, 0.29) is 6.61 Å². The van der Waals surface area contributed by atoms with Gasteiger partial charge in [0.1, 0.15) is 11.5 Å². The minimum Gasteiger partial charge on any atom is -0.496 e. The number of hydrogen-bond acceptors (Lipinski definition) is 3. The highest BCUT2D eigenvalue weighted by atomic mass is 16.5. The zero-order valence-electron chi connectivity index (χ0n) is 11.8. The van der Waals surface area contributed by atoms with Crippen molar-refractivity contribution in [2.45, 2.75) is 13.5 Å². The first-order valence-corrected chi connectivity index (χ1v) is 6.46. The molecule has 3 rings (SSSR count). The quantitative estimate of drug-likeness (QED) is 0.769. The highest BCUT2D eigenvalue weighted by molar-refractivity contribution is 6.09. The van der Waals surface area contributed by atoms with Crippen LogP contribution < -0.4 is 9.47 Å². The predicted molar refractivity (Wildman–Crippen MR) is 79.6 cm³/mol. The number of methoxy groups -OCH3 is 2. The maximum atomic E-state index is 9.60. The van der Waals surface area contributed by atoms with Crippen molar-refractivity contribution >= 4 is 21.8 Å². The number of rotatable bonds is 3. The Morgan fingerprint density at radius 1 is 1.05 bits per heavy atom. The first-order valence-electron chi connectivity index (χ1n) is 6.46. The summed E-state index contributed by atoms with van der Waals surface area (Å²) >= 11 is 0. The molecular weight excluding hydrogens is 254 g/mol. The van der Waals surface area contributed by atoms with Gasteiger partial charge >= 0.3 is 0 Å². The Kier molecular flexibility index (Phi) is 3.03. The van der Waals surface area contributed by atoms with Crippen molar-refractivity contribution < 1.29 is 14.6 Å². The van der Waals surface area contributed by atoms with E-state index in [4.69, 9.17) is 9.47 Å². The molecule has 0 bridgehead atoms. The minimum absolute atomic E-state index is 0.0660. The van der Waals surface area contributed by atoms with Crippen molar-refractivity contribution in [3.05, 3.63) is 35.4 Å². The van der Waals surface area contributed by atoms with Gasteiger partial charge in [0, 0.05) is 22.4 Å². The van der Waals surface area contributed by atoms with Crippen LogP contribution in [0, 0.1) is 6.92 Å². The van der Waals surface area contributed by atoms with Crippen molar-refractivity contribution in [2.24, 2.45) is 0 Å². The molecule has 104 valence electrons. The Bertz CT molecular complexity index is 789. The number of aliphatic hydroxyl groups excluding tert-OH is 1. The van der Waals surface area contributed by atoms with Gasteiger partial charge in [-0.1, -0.05) is 0 Å². The van der Waals surface area contributed by atoms with Crippen molar-refractivity contribution in [3.8, 4) is 11.5 Å². The summed E-state index contributed by atoms with van der Waals surface area (Å²) in [4.78, 5) is 3.35. The van der Waals surface area contributed by atoms with Crippen molar-refractivity contribution in [3.63, 3.8) is 0 Å². The third kappa shape index (κ3) is 1.72. The van der Waals surface area contributed by atoms with E-state index in [0.717, 1.165) is 38.7 Å². The van der Waals surface area contributed by atoms with Crippen molar-refractivity contribution in [2.75, 3.05) is 14.2 Å². The molecule has 0 radical (unpaired) electrons. The topological polar surface area (TPSA) is 54.5 Å². The third-order valence-corrected chi connectivity index (χ3v) is 3.73. The van der Waals surface area contributed by atoms with Gasteiger partial charge in [-0.3, -0.25) is 0 Å². The molecule has 0 aliphatic rings. The highest BCUT2D eigenvalue weighted by Crippen LogP contribution is 2.35. The lowest BCUT2D eigenvalue weighted by Crippen LogP contribution is -1.92. The fourth-order valence-corrected chi connectivity index (χ4v) is 2.71. The van der Waals surface area contributed by atoms with Gasteiger partial charge in [-0.15, -0.1) is 0 Å². The summed E-state index contributed by atoms with van der Waals surface area (Å²) in [7, 11) is 3.27. The molecule has 0 amide bonds. The minimum atomic E-state index is -0.0660. The smallest absolute Gasteiger partial charge is 0.126 e. The average Bonchev–Trinajstić information content (AvgIpc) is 2.82. The maximum absolute atomic E-state index is 9.60. The summed E-state index contributed by atoms with van der Waals surface area (Å²) in [6.45, 7) is 1.96. The molecule has 1 aromatic heterocycles. The molecule has 0 aliphatic carbocycles. The molecule has 0 atom stereocenters. The number of aryl methyl sites for hydroxylation is 1. The number of fused-ring (bicyclic) bond motifs is 3. The van der Waals surface area contributed by atoms with E-state index in [2.05, 4.69) is 11.1 Å². The molecule has 20 heavy (non-hydrogen) atoms. The Morgan fingerprint density at radius 2 is 1.80 bits per heavy atom. The fraction of sp³-hybridized carbons (Fsp3) is 0.250. The Morgan fingerprint density at radius 3 is 2.45 bits per heavy atom. The summed E-state index contributed by atoms with van der Waals surface area (Å²) in [5, 5.41) is 11.8. The van der Waals surface area contributed by atoms with Gasteiger partial charge in [0.25, 0.3) is 0 Å². The largest absolute Gasteiger partial charge is 0.496 e. The molecule has 0 saturated carbocycles. The van der Waals surface area contributed by atoms with Crippen molar-refractivity contribution in [1.82, 2.24) is 4.98 Å². The van der Waals surface area contributed by atoms with Crippen LogP contribution in [-0.2, 0) is 6.61 Å². The van der Waals surface area contributed by atoms with E-state index in [9.17, 15) is 5.11 Å². The summed E-state index contributed by atoms with van der Waals surface area (Å²) in [6, 6.07) is 7.98. The van der Waals surface area contributed by atoms with E-state index in [1.165, 1.54) is 0 Å². The number of nitrogens with one attached hydrogen (secondary N) is 1. The number of aromatic nitrogens is 1. The predicted octanol–water partition coefficient (Wildman–Crippen LogP) is 3.14. The second-order valence-electron chi connectivity index (χ2n) is 4.82. The number of benzene rings is 2. The monoisotopic (exact) mass is 271 g/mol. The van der Waals surface area contributed by atoms with E-state index >= 15 is 0 Å². The van der Waals surface area contributed by atoms with Gasteiger partial charge in [0.2, 0.25) is 0 Å². The Hall–Kier alpha value is -2.20. The lowest BCUT2D eigenvalue weighted by atomic mass is 10.1. The number of H-pyrrole nitrogens is 1. The molecule has 3 aromatic rings. The first-order chi connectivity index (χ1) is 9.69. The van der Waals surface area contributed by atoms with Crippen LogP contribution in [0.3, 0.4) is 0 Å². The zero-order valence-corrected chi connectivity index (χ0v) is 11.8. The molecule has 4 nitrogen and oxygen atoms in total. The lowest BCUT2D eigenvalue weighted by molar-refractivity contribution is 0.275. The van der Waals surface area contributed by atoms with Crippen LogP contribution in [0.5, 0.6) is 11.5 Å². The van der Waals surface area contributed by atoms with E-state index in [0.29, 0.717) is 5.75 Å². The molecule has 2 aromatic carbocycles. The molecule has 0 aliphatic heterocycles. The summed E-state index contributed by atoms with van der Waals surface area (Å²) in [6.07, 6.45) is 0. The van der Waals surface area contributed by atoms with Crippen LogP contribution in [0.4, 0.5) is 0 Å². The number of aliphatic hydroxyl groups is 1. The summed E-state index contributed by atoms with van der Waals surface area (Å²) in [5.74, 6) is 1.54. The van der Waals surface area contributed by atoms with Gasteiger partial charge in [-0.05, 0) is 30.7 Å². The Labute approximate surface area is 116 Å². The second-order valence-corrected chi connectivity index (χ2v) is 4.82. The van der Waals surface area contributed by atoms with Crippen LogP contribution in [0.15, 0.2) is 24.3 Å². The number of ether oxygens (including phenoxy) is 2. The average molecular weight is 271 g/mol. The van der Waals surface area contributed by atoms with Gasteiger partial charge in [-0.2, -0.15) is 0 Å². The van der Waals surface area contributed by atoms with Gasteiger partial charge in [0.05, 0.1) is 31.9 Å². The molecule has 0 unspecified atom stereocenters. The molecule has 2 N–H and O–H groups in total. The van der Waals surface area contributed by atoms with Crippen molar-refractivity contribution in [1.29, 1.82) is 0 Å². The zero-order chi connectivity index (χ0) is 14.3. The third-order valence-electron chi connectivity index (χ3n) is 3.73. The molecular formula is C16H17NO3. The number of aromatic amines is 1. The molecule has 1 heterocycles. The normalized spacial score (nSPS) is 11.2. The van der Waals surface area contributed by atoms with Crippen LogP contribution in [-0.4, -0.2) is 24.3 Å². The molecule has 0 saturated heterocycles. The molecule has 4 heteroatoms. The summed E-state index contributed by atoms with van der Waals surface area (Å²) < 4.78 is 10.7. The van der Waals surface area contributed by atoms with Crippen LogP contribution in [0.2, 0.25) is 0 Å².